The van der Waals surface area contributed by atoms with Crippen LogP contribution >= 0.6 is 11.3 Å². The maximum atomic E-state index is 13.9. The van der Waals surface area contributed by atoms with E-state index in [1.54, 1.807) is 39.2 Å². The highest BCUT2D eigenvalue weighted by atomic mass is 32.1. The maximum absolute atomic E-state index is 13.9. The zero-order valence-electron chi connectivity index (χ0n) is 35.5. The van der Waals surface area contributed by atoms with Gasteiger partial charge in [0.2, 0.25) is 23.6 Å². The number of nitrogens with two attached hydrogens (primary N) is 1. The summed E-state index contributed by atoms with van der Waals surface area (Å²) in [6, 6.07) is 9.60. The average molecular weight is 787 g/mol. The highest BCUT2D eigenvalue weighted by Crippen LogP contribution is 2.30. The smallest absolute Gasteiger partial charge is 0.237 e. The summed E-state index contributed by atoms with van der Waals surface area (Å²) in [4.78, 5) is 59.6. The van der Waals surface area contributed by atoms with Crippen LogP contribution in [0.4, 0.5) is 0 Å². The van der Waals surface area contributed by atoms with Gasteiger partial charge < -0.3 is 35.6 Å². The van der Waals surface area contributed by atoms with E-state index in [1.807, 2.05) is 82.3 Å². The van der Waals surface area contributed by atoms with Crippen LogP contribution in [0.3, 0.4) is 0 Å². The van der Waals surface area contributed by atoms with E-state index in [2.05, 4.69) is 29.5 Å². The van der Waals surface area contributed by atoms with Gasteiger partial charge in [-0.05, 0) is 64.4 Å². The van der Waals surface area contributed by atoms with Gasteiger partial charge in [-0.25, -0.2) is 4.98 Å². The number of hydrogen-bond acceptors (Lipinski definition) is 9. The van der Waals surface area contributed by atoms with E-state index >= 15 is 0 Å². The van der Waals surface area contributed by atoms with Crippen molar-refractivity contribution in [3.63, 3.8) is 0 Å². The van der Waals surface area contributed by atoms with E-state index < -0.39 is 23.7 Å². The Balaban J connectivity index is 0.000000915. The Kier molecular flexibility index (Phi) is 20.0. The Morgan fingerprint density at radius 2 is 1.69 bits per heavy atom. The second kappa shape index (κ2) is 23.0. The molecule has 0 bridgehead atoms. The molecule has 0 aliphatic carbocycles. The Labute approximate surface area is 334 Å². The third-order valence-corrected chi connectivity index (χ3v) is 11.4. The highest BCUT2D eigenvalue weighted by Gasteiger charge is 2.42. The van der Waals surface area contributed by atoms with Crippen molar-refractivity contribution in [2.45, 2.75) is 143 Å². The zero-order valence-corrected chi connectivity index (χ0v) is 36.3. The van der Waals surface area contributed by atoms with E-state index in [-0.39, 0.29) is 66.1 Å². The van der Waals surface area contributed by atoms with Crippen LogP contribution in [0, 0.1) is 17.8 Å². The summed E-state index contributed by atoms with van der Waals surface area (Å²) in [5, 5.41) is 9.04. The normalized spacial score (nSPS) is 17.8. The van der Waals surface area contributed by atoms with Crippen molar-refractivity contribution in [3.8, 4) is 0 Å². The van der Waals surface area contributed by atoms with Gasteiger partial charge in [0.25, 0.3) is 0 Å². The lowest BCUT2D eigenvalue weighted by molar-refractivity contribution is -0.146. The molecule has 0 radical (unpaired) electrons. The van der Waals surface area contributed by atoms with E-state index in [1.165, 1.54) is 11.3 Å². The Morgan fingerprint density at radius 3 is 2.18 bits per heavy atom. The molecule has 1 saturated heterocycles. The van der Waals surface area contributed by atoms with E-state index in [0.29, 0.717) is 19.4 Å². The number of rotatable bonds is 20. The van der Waals surface area contributed by atoms with Gasteiger partial charge in [0, 0.05) is 51.9 Å². The third-order valence-electron chi connectivity index (χ3n) is 10.5. The monoisotopic (exact) mass is 787 g/mol. The van der Waals surface area contributed by atoms with Gasteiger partial charge in [0.15, 0.2) is 0 Å². The molecule has 1 fully saturated rings. The van der Waals surface area contributed by atoms with Gasteiger partial charge in [0.05, 0.1) is 48.2 Å². The Bertz CT molecular complexity index is 1460. The maximum Gasteiger partial charge on any atom is 0.237 e. The summed E-state index contributed by atoms with van der Waals surface area (Å²) >= 11 is 1.52. The number of likely N-dealkylation sites (tertiary alicyclic amines) is 1. The zero-order chi connectivity index (χ0) is 41.5. The quantitative estimate of drug-likeness (QED) is 0.153. The van der Waals surface area contributed by atoms with Gasteiger partial charge in [0.1, 0.15) is 5.01 Å². The summed E-state index contributed by atoms with van der Waals surface area (Å²) in [7, 11) is 5.06. The van der Waals surface area contributed by atoms with Crippen molar-refractivity contribution in [1.82, 2.24) is 25.4 Å². The van der Waals surface area contributed by atoms with Crippen molar-refractivity contribution in [2.75, 3.05) is 27.8 Å². The number of likely N-dealkylation sites (N-methyl/N-ethyl adjacent to an activating group) is 1. The molecule has 13 heteroatoms. The van der Waals surface area contributed by atoms with Crippen molar-refractivity contribution in [1.29, 1.82) is 0 Å². The van der Waals surface area contributed by atoms with Gasteiger partial charge in [-0.3, -0.25) is 19.2 Å². The number of benzene rings is 1. The molecule has 2 aromatic rings. The first-order chi connectivity index (χ1) is 25.9. The average Bonchev–Trinajstić information content (AvgIpc) is 3.84. The van der Waals surface area contributed by atoms with E-state index in [4.69, 9.17) is 15.2 Å². The number of nitrogens with one attached hydrogen (secondary N) is 2. The Hall–Kier alpha value is -3.39. The predicted octanol–water partition coefficient (Wildman–Crippen LogP) is 5.76. The first-order valence-electron chi connectivity index (χ1n) is 19.8. The number of primary amides is 1. The van der Waals surface area contributed by atoms with Crippen LogP contribution in [-0.4, -0.2) is 102 Å². The highest BCUT2D eigenvalue weighted by molar-refractivity contribution is 7.09. The SMILES string of the molecule is CC(C)NC(C)(C)C(N)=O.CCC(C)C(C(CC(=O)N1CCCC1C(OC)C(C)C(=O)NC(Cc1ccccc1)c1nccs1)OC)N(C)C(=O)CC(C)C. The number of methoxy groups -OCH3 is 2. The summed E-state index contributed by atoms with van der Waals surface area (Å²) in [5.41, 5.74) is 5.64. The second-order valence-corrected chi connectivity index (χ2v) is 17.1. The minimum Gasteiger partial charge on any atom is -0.379 e. The van der Waals surface area contributed by atoms with Crippen molar-refractivity contribution < 1.29 is 28.7 Å². The third kappa shape index (κ3) is 14.6. The molecule has 4 N–H and O–H groups in total. The number of hydrogen-bond donors (Lipinski definition) is 3. The summed E-state index contributed by atoms with van der Waals surface area (Å²) < 4.78 is 11.9. The first kappa shape index (κ1) is 47.8. The Morgan fingerprint density at radius 1 is 1.04 bits per heavy atom. The molecule has 1 aromatic heterocycles. The number of amides is 4. The molecular weight excluding hydrogens is 717 g/mol. The molecule has 55 heavy (non-hydrogen) atoms. The minimum atomic E-state index is -0.589. The number of carbonyl (C=O) groups is 4. The van der Waals surface area contributed by atoms with Gasteiger partial charge in [-0.15, -0.1) is 11.3 Å². The lowest BCUT2D eigenvalue weighted by atomic mass is 9.90. The molecule has 1 aliphatic heterocycles. The molecule has 12 nitrogen and oxygen atoms in total. The molecule has 310 valence electrons. The fraction of sp³-hybridized carbons (Fsp3) is 0.690. The molecule has 7 atom stereocenters. The lowest BCUT2D eigenvalue weighted by Gasteiger charge is -2.39. The van der Waals surface area contributed by atoms with Crippen LogP contribution in [0.25, 0.3) is 0 Å². The fourth-order valence-corrected chi connectivity index (χ4v) is 8.06. The second-order valence-electron chi connectivity index (χ2n) is 16.2. The van der Waals surface area contributed by atoms with Crippen LogP contribution < -0.4 is 16.4 Å². The van der Waals surface area contributed by atoms with Crippen LogP contribution in [0.2, 0.25) is 0 Å². The van der Waals surface area contributed by atoms with Crippen LogP contribution in [-0.2, 0) is 35.1 Å². The van der Waals surface area contributed by atoms with Gasteiger partial charge in [-0.2, -0.15) is 0 Å². The van der Waals surface area contributed by atoms with Gasteiger partial charge in [-0.1, -0.05) is 71.4 Å². The molecular formula is C42H70N6O6S. The van der Waals surface area contributed by atoms with Crippen LogP contribution in [0.5, 0.6) is 0 Å². The van der Waals surface area contributed by atoms with Crippen LogP contribution in [0.15, 0.2) is 41.9 Å². The van der Waals surface area contributed by atoms with Crippen molar-refractivity contribution >= 4 is 35.0 Å². The predicted molar refractivity (Wildman–Crippen MR) is 220 cm³/mol. The molecule has 2 heterocycles. The van der Waals surface area contributed by atoms with Crippen molar-refractivity contribution in [2.24, 2.45) is 23.5 Å². The molecule has 1 aliphatic rings. The number of thiazole rings is 1. The molecule has 0 spiro atoms. The number of aromatic nitrogens is 1. The molecule has 7 unspecified atom stereocenters. The molecule has 0 saturated carbocycles. The number of ether oxygens (including phenoxy) is 2. The summed E-state index contributed by atoms with van der Waals surface area (Å²) in [6.07, 6.45) is 4.50. The summed E-state index contributed by atoms with van der Waals surface area (Å²) in [5.74, 6) is -0.540. The van der Waals surface area contributed by atoms with Gasteiger partial charge >= 0.3 is 0 Å². The summed E-state index contributed by atoms with van der Waals surface area (Å²) in [6.45, 7) is 18.2. The number of nitrogens with zero attached hydrogens (tertiary/aromatic N) is 3. The first-order valence-corrected chi connectivity index (χ1v) is 20.7. The van der Waals surface area contributed by atoms with E-state index in [9.17, 15) is 19.2 Å². The van der Waals surface area contributed by atoms with Crippen LogP contribution in [0.1, 0.15) is 111 Å². The van der Waals surface area contributed by atoms with Crippen molar-refractivity contribution in [3.05, 3.63) is 52.5 Å². The standard InChI is InChI=1S/C35H54N4O5S.C7H16N2O/c1-9-24(4)32(38(6)30(40)20-23(2)3)29(43-7)22-31(41)39-18-13-16-28(39)33(44-8)25(5)34(42)37-27(35-36-17-19-45-35)21-26-14-11-10-12-15-26;1-5(2)9-7(3,4)6(8)10/h10-12,14-15,17,19,23-25,27-29,32-33H,9,13,16,18,20-22H2,1-8H3,(H,37,42);5,9H,1-4H3,(H2,8,10). The fourth-order valence-electron chi connectivity index (χ4n) is 7.37. The molecule has 1 aromatic carbocycles. The molecule has 3 rings (SSSR count). The lowest BCUT2D eigenvalue weighted by Crippen LogP contribution is -2.53. The molecule has 4 amide bonds. The topological polar surface area (TPSA) is 156 Å². The number of carbonyl (C=O) groups excluding carboxylic acids is 4. The minimum absolute atomic E-state index is 0.0400. The largest absolute Gasteiger partial charge is 0.379 e. The van der Waals surface area contributed by atoms with E-state index in [0.717, 1.165) is 29.8 Å².